The van der Waals surface area contributed by atoms with Crippen LogP contribution in [-0.2, 0) is 4.74 Å². The minimum atomic E-state index is -0.220. The quantitative estimate of drug-likeness (QED) is 0.695. The molecule has 0 saturated carbocycles. The molecule has 1 N–H and O–H groups in total. The molecule has 2 rings (SSSR count). The Morgan fingerprint density at radius 1 is 1.08 bits per heavy atom. The molecule has 0 bridgehead atoms. The third kappa shape index (κ3) is 6.12. The predicted molar refractivity (Wildman–Crippen MR) is 98.6 cm³/mol. The number of para-hydroxylation sites is 1. The number of amides is 1. The molecule has 0 spiro atoms. The van der Waals surface area contributed by atoms with Crippen LogP contribution in [0.5, 0.6) is 11.5 Å². The molecule has 25 heavy (non-hydrogen) atoms. The molecular weight excluding hydrogens is 318 g/mol. The Morgan fingerprint density at radius 3 is 2.64 bits per heavy atom. The Labute approximate surface area is 148 Å². The average molecular weight is 343 g/mol. The lowest BCUT2D eigenvalue weighted by Crippen LogP contribution is -2.15. The summed E-state index contributed by atoms with van der Waals surface area (Å²) in [4.78, 5) is 12.6. The van der Waals surface area contributed by atoms with Gasteiger partial charge < -0.3 is 19.5 Å². The fourth-order valence-corrected chi connectivity index (χ4v) is 2.24. The molecule has 5 nitrogen and oxygen atoms in total. The molecule has 0 radical (unpaired) electrons. The fraction of sp³-hybridized carbons (Fsp3) is 0.350. The van der Waals surface area contributed by atoms with Crippen LogP contribution in [0.15, 0.2) is 48.5 Å². The lowest BCUT2D eigenvalue weighted by molar-refractivity contribution is 0.102. The van der Waals surface area contributed by atoms with E-state index in [0.29, 0.717) is 42.6 Å². The van der Waals surface area contributed by atoms with Crippen LogP contribution in [0.25, 0.3) is 0 Å². The molecule has 0 fully saturated rings. The molecule has 0 aliphatic rings. The van der Waals surface area contributed by atoms with E-state index in [-0.39, 0.29) is 12.0 Å². The van der Waals surface area contributed by atoms with E-state index < -0.39 is 0 Å². The second kappa shape index (κ2) is 9.69. The van der Waals surface area contributed by atoms with Crippen molar-refractivity contribution in [2.24, 2.45) is 0 Å². The van der Waals surface area contributed by atoms with Crippen LogP contribution in [-0.4, -0.2) is 31.8 Å². The van der Waals surface area contributed by atoms with Gasteiger partial charge in [0.15, 0.2) is 0 Å². The van der Waals surface area contributed by atoms with E-state index in [0.717, 1.165) is 0 Å². The second-order valence-corrected chi connectivity index (χ2v) is 5.69. The van der Waals surface area contributed by atoms with Crippen molar-refractivity contribution in [1.29, 1.82) is 0 Å². The maximum atomic E-state index is 12.6. The second-order valence-electron chi connectivity index (χ2n) is 5.69. The number of nitrogens with one attached hydrogen (secondary N) is 1. The molecule has 0 unspecified atom stereocenters. The Hall–Kier alpha value is -2.53. The Kier molecular flexibility index (Phi) is 7.29. The number of carbonyl (C=O) groups excluding carboxylic acids is 1. The monoisotopic (exact) mass is 343 g/mol. The molecule has 0 aliphatic carbocycles. The van der Waals surface area contributed by atoms with E-state index in [2.05, 4.69) is 5.32 Å². The van der Waals surface area contributed by atoms with Gasteiger partial charge in [-0.2, -0.15) is 0 Å². The van der Waals surface area contributed by atoms with E-state index in [1.807, 2.05) is 51.1 Å². The largest absolute Gasteiger partial charge is 0.491 e. The predicted octanol–water partition coefficient (Wildman–Crippen LogP) is 4.14. The highest BCUT2D eigenvalue weighted by Crippen LogP contribution is 2.22. The molecule has 2 aromatic carbocycles. The zero-order valence-corrected chi connectivity index (χ0v) is 15.0. The zero-order valence-electron chi connectivity index (χ0n) is 15.0. The van der Waals surface area contributed by atoms with E-state index in [1.165, 1.54) is 0 Å². The topological polar surface area (TPSA) is 56.8 Å². The summed E-state index contributed by atoms with van der Waals surface area (Å²) in [7, 11) is 0. The van der Waals surface area contributed by atoms with Gasteiger partial charge in [-0.3, -0.25) is 4.79 Å². The van der Waals surface area contributed by atoms with Crippen molar-refractivity contribution in [1.82, 2.24) is 0 Å². The van der Waals surface area contributed by atoms with Gasteiger partial charge in [-0.05, 0) is 45.0 Å². The van der Waals surface area contributed by atoms with Gasteiger partial charge in [0.1, 0.15) is 18.1 Å². The molecule has 134 valence electrons. The van der Waals surface area contributed by atoms with Gasteiger partial charge >= 0.3 is 0 Å². The van der Waals surface area contributed by atoms with Gasteiger partial charge in [0.2, 0.25) is 0 Å². The van der Waals surface area contributed by atoms with Crippen LogP contribution in [0.3, 0.4) is 0 Å². The van der Waals surface area contributed by atoms with Crippen LogP contribution in [0.2, 0.25) is 0 Å². The van der Waals surface area contributed by atoms with Crippen molar-refractivity contribution in [2.45, 2.75) is 26.9 Å². The van der Waals surface area contributed by atoms with Crippen molar-refractivity contribution in [3.8, 4) is 11.5 Å². The molecule has 2 aromatic rings. The minimum absolute atomic E-state index is 0.00369. The minimum Gasteiger partial charge on any atom is -0.491 e. The van der Waals surface area contributed by atoms with Crippen molar-refractivity contribution < 1.29 is 19.0 Å². The molecule has 1 amide bonds. The average Bonchev–Trinajstić information content (AvgIpc) is 2.59. The Morgan fingerprint density at radius 2 is 1.88 bits per heavy atom. The molecule has 0 aromatic heterocycles. The van der Waals surface area contributed by atoms with Gasteiger partial charge in [0.25, 0.3) is 5.91 Å². The van der Waals surface area contributed by atoms with Crippen LogP contribution >= 0.6 is 0 Å². The lowest BCUT2D eigenvalue weighted by atomic mass is 10.1. The SMILES string of the molecule is CCOCCOc1cccc(NC(=O)c2ccccc2OC(C)C)c1. The van der Waals surface area contributed by atoms with E-state index in [9.17, 15) is 4.79 Å². The van der Waals surface area contributed by atoms with Crippen LogP contribution in [0.1, 0.15) is 31.1 Å². The number of rotatable bonds is 9. The smallest absolute Gasteiger partial charge is 0.259 e. The first-order valence-electron chi connectivity index (χ1n) is 8.47. The van der Waals surface area contributed by atoms with E-state index in [1.54, 1.807) is 18.2 Å². The number of carbonyl (C=O) groups is 1. The van der Waals surface area contributed by atoms with Gasteiger partial charge in [0.05, 0.1) is 18.3 Å². The first kappa shape index (κ1) is 18.8. The van der Waals surface area contributed by atoms with Gasteiger partial charge in [-0.25, -0.2) is 0 Å². The van der Waals surface area contributed by atoms with Crippen LogP contribution in [0, 0.1) is 0 Å². The fourth-order valence-electron chi connectivity index (χ4n) is 2.24. The number of hydrogen-bond acceptors (Lipinski definition) is 4. The van der Waals surface area contributed by atoms with Gasteiger partial charge in [-0.15, -0.1) is 0 Å². The number of ether oxygens (including phenoxy) is 3. The molecule has 0 aliphatic heterocycles. The molecule has 0 atom stereocenters. The van der Waals surface area contributed by atoms with E-state index in [4.69, 9.17) is 14.2 Å². The van der Waals surface area contributed by atoms with E-state index >= 15 is 0 Å². The van der Waals surface area contributed by atoms with Crippen molar-refractivity contribution >= 4 is 11.6 Å². The Bertz CT molecular complexity index is 685. The molecular formula is C20H25NO4. The van der Waals surface area contributed by atoms with Gasteiger partial charge in [-0.1, -0.05) is 18.2 Å². The standard InChI is InChI=1S/C20H25NO4/c1-4-23-12-13-24-17-9-7-8-16(14-17)21-20(22)18-10-5-6-11-19(18)25-15(2)3/h5-11,14-15H,4,12-13H2,1-3H3,(H,21,22). The summed E-state index contributed by atoms with van der Waals surface area (Å²) in [6.07, 6.45) is -0.00369. The summed E-state index contributed by atoms with van der Waals surface area (Å²) < 4.78 is 16.6. The first-order chi connectivity index (χ1) is 12.1. The zero-order chi connectivity index (χ0) is 18.1. The highest BCUT2D eigenvalue weighted by molar-refractivity contribution is 6.06. The summed E-state index contributed by atoms with van der Waals surface area (Å²) in [5.41, 5.74) is 1.16. The van der Waals surface area contributed by atoms with Crippen LogP contribution in [0.4, 0.5) is 5.69 Å². The molecule has 0 heterocycles. The summed E-state index contributed by atoms with van der Waals surface area (Å²) in [6.45, 7) is 7.47. The normalized spacial score (nSPS) is 10.6. The number of anilines is 1. The lowest BCUT2D eigenvalue weighted by Gasteiger charge is -2.14. The van der Waals surface area contributed by atoms with Crippen molar-refractivity contribution in [3.63, 3.8) is 0 Å². The maximum Gasteiger partial charge on any atom is 0.259 e. The molecule has 0 saturated heterocycles. The summed E-state index contributed by atoms with van der Waals surface area (Å²) in [5, 5.41) is 2.88. The highest BCUT2D eigenvalue weighted by atomic mass is 16.5. The number of hydrogen-bond donors (Lipinski definition) is 1. The van der Waals surface area contributed by atoms with Crippen molar-refractivity contribution in [3.05, 3.63) is 54.1 Å². The highest BCUT2D eigenvalue weighted by Gasteiger charge is 2.13. The Balaban J connectivity index is 2.03. The van der Waals surface area contributed by atoms with Crippen LogP contribution < -0.4 is 14.8 Å². The number of benzene rings is 2. The summed E-state index contributed by atoms with van der Waals surface area (Å²) in [6, 6.07) is 14.5. The molecule has 5 heteroatoms. The van der Waals surface area contributed by atoms with Crippen molar-refractivity contribution in [2.75, 3.05) is 25.1 Å². The third-order valence-corrected chi connectivity index (χ3v) is 3.29. The first-order valence-corrected chi connectivity index (χ1v) is 8.47. The maximum absolute atomic E-state index is 12.6. The summed E-state index contributed by atoms with van der Waals surface area (Å²) in [5.74, 6) is 1.03. The third-order valence-electron chi connectivity index (χ3n) is 3.29. The van der Waals surface area contributed by atoms with Gasteiger partial charge in [0, 0.05) is 18.4 Å². The summed E-state index contributed by atoms with van der Waals surface area (Å²) >= 11 is 0.